The largest absolute Gasteiger partial charge is 0.493 e. The van der Waals surface area contributed by atoms with Crippen molar-refractivity contribution >= 4 is 29.9 Å². The summed E-state index contributed by atoms with van der Waals surface area (Å²) in [6.45, 7) is 5.25. The number of aryl methyl sites for hydroxylation is 2. The van der Waals surface area contributed by atoms with Crippen molar-refractivity contribution in [3.8, 4) is 17.2 Å². The quantitative estimate of drug-likeness (QED) is 0.194. The zero-order valence-electron chi connectivity index (χ0n) is 19.8. The summed E-state index contributed by atoms with van der Waals surface area (Å²) >= 11 is 0. The Kier molecular flexibility index (Phi) is 10.8. The number of fused-ring (bicyclic) bond motifs is 1. The van der Waals surface area contributed by atoms with Crippen LogP contribution >= 0.6 is 24.0 Å². The Balaban J connectivity index is 0.00000385. The normalized spacial score (nSPS) is 13.0. The molecule has 0 spiro atoms. The standard InChI is InChI=1S/C22H34N6O4.HI/c1-5-23-21(25-15-16-13-17(30-2)20(32-4)18(14-16)31-3)24-10-8-12-28-22(29)27-11-7-6-9-19(27)26-28;/h13-14H,5-12,15H2,1-4H3,(H2,23,24,25);1H. The third-order valence-corrected chi connectivity index (χ3v) is 5.36. The minimum atomic E-state index is 0. The van der Waals surface area contributed by atoms with Crippen molar-refractivity contribution < 1.29 is 14.2 Å². The molecule has 3 rings (SSSR count). The zero-order chi connectivity index (χ0) is 22.9. The van der Waals surface area contributed by atoms with Crippen molar-refractivity contribution in [1.82, 2.24) is 25.0 Å². The van der Waals surface area contributed by atoms with E-state index >= 15 is 0 Å². The second-order valence-corrected chi connectivity index (χ2v) is 7.54. The summed E-state index contributed by atoms with van der Waals surface area (Å²) in [6, 6.07) is 3.78. The first kappa shape index (κ1) is 26.8. The minimum absolute atomic E-state index is 0. The zero-order valence-corrected chi connectivity index (χ0v) is 22.2. The van der Waals surface area contributed by atoms with Crippen LogP contribution in [0.3, 0.4) is 0 Å². The van der Waals surface area contributed by atoms with Crippen molar-refractivity contribution in [1.29, 1.82) is 0 Å². The average molecular weight is 574 g/mol. The van der Waals surface area contributed by atoms with Gasteiger partial charge in [0, 0.05) is 32.6 Å². The van der Waals surface area contributed by atoms with Gasteiger partial charge in [-0.15, -0.1) is 24.0 Å². The fraction of sp³-hybridized carbons (Fsp3) is 0.591. The number of aliphatic imine (C=N–C) groups is 1. The topological polar surface area (TPSA) is 104 Å². The summed E-state index contributed by atoms with van der Waals surface area (Å²) in [6.07, 6.45) is 3.81. The minimum Gasteiger partial charge on any atom is -0.493 e. The lowest BCUT2D eigenvalue weighted by Crippen LogP contribution is -2.38. The van der Waals surface area contributed by atoms with Gasteiger partial charge in [0.25, 0.3) is 0 Å². The molecule has 0 atom stereocenters. The Bertz CT molecular complexity index is 963. The van der Waals surface area contributed by atoms with Crippen LogP contribution in [0.5, 0.6) is 17.2 Å². The second-order valence-electron chi connectivity index (χ2n) is 7.54. The van der Waals surface area contributed by atoms with Gasteiger partial charge in [0.15, 0.2) is 17.5 Å². The van der Waals surface area contributed by atoms with E-state index < -0.39 is 0 Å². The van der Waals surface area contributed by atoms with Crippen molar-refractivity contribution in [2.75, 3.05) is 34.4 Å². The number of rotatable bonds is 10. The third-order valence-electron chi connectivity index (χ3n) is 5.36. The van der Waals surface area contributed by atoms with E-state index in [-0.39, 0.29) is 29.7 Å². The molecule has 0 saturated heterocycles. The van der Waals surface area contributed by atoms with Gasteiger partial charge < -0.3 is 24.8 Å². The molecule has 0 aliphatic carbocycles. The molecular formula is C22H35IN6O4. The van der Waals surface area contributed by atoms with E-state index in [2.05, 4.69) is 20.7 Å². The molecule has 0 amide bonds. The monoisotopic (exact) mass is 574 g/mol. The van der Waals surface area contributed by atoms with E-state index in [4.69, 9.17) is 14.2 Å². The molecule has 1 aliphatic rings. The fourth-order valence-corrected chi connectivity index (χ4v) is 3.77. The molecule has 1 aromatic heterocycles. The first-order chi connectivity index (χ1) is 15.6. The van der Waals surface area contributed by atoms with Crippen molar-refractivity contribution in [2.45, 2.75) is 52.2 Å². The Labute approximate surface area is 211 Å². The van der Waals surface area contributed by atoms with E-state index in [1.54, 1.807) is 30.6 Å². The molecule has 1 aliphatic heterocycles. The van der Waals surface area contributed by atoms with Crippen LogP contribution in [0.2, 0.25) is 0 Å². The van der Waals surface area contributed by atoms with Crippen LogP contribution in [-0.2, 0) is 26.1 Å². The Hall–Kier alpha value is -2.44. The highest BCUT2D eigenvalue weighted by molar-refractivity contribution is 14.0. The highest BCUT2D eigenvalue weighted by Gasteiger charge is 2.16. The smallest absolute Gasteiger partial charge is 0.345 e. The van der Waals surface area contributed by atoms with Crippen LogP contribution in [0, 0.1) is 0 Å². The van der Waals surface area contributed by atoms with Gasteiger partial charge in [-0.3, -0.25) is 4.57 Å². The number of hydrogen-bond acceptors (Lipinski definition) is 6. The summed E-state index contributed by atoms with van der Waals surface area (Å²) in [5.41, 5.74) is 0.939. The number of nitrogens with one attached hydrogen (secondary N) is 2. The maximum atomic E-state index is 12.4. The van der Waals surface area contributed by atoms with Gasteiger partial charge >= 0.3 is 5.69 Å². The van der Waals surface area contributed by atoms with Crippen LogP contribution in [0.25, 0.3) is 0 Å². The van der Waals surface area contributed by atoms with Crippen LogP contribution in [0.15, 0.2) is 21.9 Å². The Morgan fingerprint density at radius 1 is 1.12 bits per heavy atom. The van der Waals surface area contributed by atoms with Crippen LogP contribution < -0.4 is 30.5 Å². The molecule has 2 aromatic rings. The van der Waals surface area contributed by atoms with Gasteiger partial charge in [-0.25, -0.2) is 14.5 Å². The maximum Gasteiger partial charge on any atom is 0.345 e. The van der Waals surface area contributed by atoms with Gasteiger partial charge in [0.1, 0.15) is 5.82 Å². The summed E-state index contributed by atoms with van der Waals surface area (Å²) < 4.78 is 19.6. The van der Waals surface area contributed by atoms with Gasteiger partial charge in [0.2, 0.25) is 5.75 Å². The summed E-state index contributed by atoms with van der Waals surface area (Å²) in [5.74, 6) is 3.38. The molecule has 2 N–H and O–H groups in total. The van der Waals surface area contributed by atoms with Crippen LogP contribution in [-0.4, -0.2) is 54.7 Å². The number of halogens is 1. The van der Waals surface area contributed by atoms with Gasteiger partial charge in [-0.2, -0.15) is 5.10 Å². The molecule has 33 heavy (non-hydrogen) atoms. The first-order valence-corrected chi connectivity index (χ1v) is 11.1. The lowest BCUT2D eigenvalue weighted by atomic mass is 10.2. The molecule has 184 valence electrons. The van der Waals surface area contributed by atoms with Crippen LogP contribution in [0.1, 0.15) is 37.6 Å². The second kappa shape index (κ2) is 13.3. The maximum absolute atomic E-state index is 12.4. The average Bonchev–Trinajstić information content (AvgIpc) is 3.14. The number of methoxy groups -OCH3 is 3. The van der Waals surface area contributed by atoms with Gasteiger partial charge in [-0.05, 0) is 43.9 Å². The van der Waals surface area contributed by atoms with E-state index in [1.807, 2.05) is 19.1 Å². The number of hydrogen-bond donors (Lipinski definition) is 2. The van der Waals surface area contributed by atoms with Crippen molar-refractivity contribution in [3.63, 3.8) is 0 Å². The number of guanidine groups is 1. The van der Waals surface area contributed by atoms with E-state index in [1.165, 1.54) is 0 Å². The van der Waals surface area contributed by atoms with Crippen molar-refractivity contribution in [3.05, 3.63) is 34.0 Å². The molecule has 0 saturated carbocycles. The van der Waals surface area contributed by atoms with Crippen LogP contribution in [0.4, 0.5) is 0 Å². The predicted molar refractivity (Wildman–Crippen MR) is 138 cm³/mol. The SMILES string of the molecule is CCNC(=NCc1cc(OC)c(OC)c(OC)c1)NCCCn1nc2n(c1=O)CCCC2.I. The Morgan fingerprint density at radius 2 is 1.85 bits per heavy atom. The van der Waals surface area contributed by atoms with E-state index in [9.17, 15) is 4.79 Å². The molecule has 0 unspecified atom stereocenters. The summed E-state index contributed by atoms with van der Waals surface area (Å²) in [7, 11) is 4.77. The molecular weight excluding hydrogens is 539 g/mol. The third kappa shape index (κ3) is 6.78. The number of nitrogens with zero attached hydrogens (tertiary/aromatic N) is 4. The number of ether oxygens (including phenoxy) is 3. The van der Waals surface area contributed by atoms with E-state index in [0.29, 0.717) is 42.8 Å². The highest BCUT2D eigenvalue weighted by Crippen LogP contribution is 2.38. The highest BCUT2D eigenvalue weighted by atomic mass is 127. The van der Waals surface area contributed by atoms with Gasteiger partial charge in [0.05, 0.1) is 27.9 Å². The summed E-state index contributed by atoms with van der Waals surface area (Å²) in [5, 5.41) is 11.1. The molecule has 0 radical (unpaired) electrons. The first-order valence-electron chi connectivity index (χ1n) is 11.1. The molecule has 0 fully saturated rings. The fourth-order valence-electron chi connectivity index (χ4n) is 3.77. The lowest BCUT2D eigenvalue weighted by molar-refractivity contribution is 0.324. The van der Waals surface area contributed by atoms with Gasteiger partial charge in [-0.1, -0.05) is 0 Å². The Morgan fingerprint density at radius 3 is 2.45 bits per heavy atom. The molecule has 1 aromatic carbocycles. The van der Waals surface area contributed by atoms with E-state index in [0.717, 1.165) is 50.2 Å². The molecule has 0 bridgehead atoms. The molecule has 11 heteroatoms. The summed E-state index contributed by atoms with van der Waals surface area (Å²) in [4.78, 5) is 17.1. The van der Waals surface area contributed by atoms with Crippen molar-refractivity contribution in [2.24, 2.45) is 4.99 Å². The molecule has 10 nitrogen and oxygen atoms in total. The lowest BCUT2D eigenvalue weighted by Gasteiger charge is -2.14. The predicted octanol–water partition coefficient (Wildman–Crippen LogP) is 2.17. The number of aromatic nitrogens is 3. The number of benzene rings is 1. The molecule has 2 heterocycles.